The first kappa shape index (κ1) is 32.9. The normalized spacial score (nSPS) is 24.5. The summed E-state index contributed by atoms with van der Waals surface area (Å²) in [6.45, 7) is 7.40. The van der Waals surface area contributed by atoms with E-state index in [-0.39, 0.29) is 11.8 Å². The van der Waals surface area contributed by atoms with Crippen molar-refractivity contribution < 1.29 is 47.3 Å². The standard InChI is InChI=1S/C27H38FN3O11/c1-13(2)18(29)25(36)38-11-27(28)20(41-23(34)15(5)6)19(40-22(33)14(3)4)21(42-27)30-10-9-17(32)31(26(30)37)12-39-24(35)16-7-8-16/h9-10,13-16,18-21H,7-8,11-12,29H2,1-6H3/t18-,19+,20-,21+,27+/m0/s1. The van der Waals surface area contributed by atoms with Crippen LogP contribution in [0.1, 0.15) is 60.6 Å². The zero-order chi connectivity index (χ0) is 31.5. The number of carbonyl (C=O) groups is 4. The van der Waals surface area contributed by atoms with Crippen LogP contribution in [0.5, 0.6) is 0 Å². The second kappa shape index (κ2) is 13.2. The van der Waals surface area contributed by atoms with Crippen molar-refractivity contribution in [3.05, 3.63) is 33.1 Å². The molecular formula is C27H38FN3O11. The van der Waals surface area contributed by atoms with Crippen molar-refractivity contribution in [2.75, 3.05) is 6.61 Å². The lowest BCUT2D eigenvalue weighted by Crippen LogP contribution is -2.50. The molecule has 1 aliphatic heterocycles. The van der Waals surface area contributed by atoms with Crippen molar-refractivity contribution in [2.45, 2.75) is 91.4 Å². The molecule has 2 aliphatic rings. The van der Waals surface area contributed by atoms with Gasteiger partial charge in [-0.2, -0.15) is 0 Å². The Morgan fingerprint density at radius 2 is 1.60 bits per heavy atom. The minimum atomic E-state index is -3.12. The first-order chi connectivity index (χ1) is 19.6. The highest BCUT2D eigenvalue weighted by Gasteiger charge is 2.62. The summed E-state index contributed by atoms with van der Waals surface area (Å²) in [5, 5.41) is 0. The number of halogens is 1. The van der Waals surface area contributed by atoms with Gasteiger partial charge in [-0.15, -0.1) is 0 Å². The van der Waals surface area contributed by atoms with Gasteiger partial charge in [0.2, 0.25) is 6.10 Å². The minimum Gasteiger partial charge on any atom is -0.458 e. The number of esters is 4. The van der Waals surface area contributed by atoms with Crippen LogP contribution in [0.25, 0.3) is 0 Å². The first-order valence-electron chi connectivity index (χ1n) is 13.8. The highest BCUT2D eigenvalue weighted by atomic mass is 19.2. The summed E-state index contributed by atoms with van der Waals surface area (Å²) in [7, 11) is 0. The van der Waals surface area contributed by atoms with Gasteiger partial charge in [0.1, 0.15) is 6.04 Å². The molecule has 1 saturated carbocycles. The van der Waals surface area contributed by atoms with E-state index in [0.717, 1.165) is 16.8 Å². The fourth-order valence-corrected chi connectivity index (χ4v) is 3.81. The largest absolute Gasteiger partial charge is 0.458 e. The number of carbonyl (C=O) groups excluding carboxylic acids is 4. The lowest BCUT2D eigenvalue weighted by Gasteiger charge is -2.28. The number of rotatable bonds is 12. The maximum Gasteiger partial charge on any atom is 0.336 e. The molecule has 1 aromatic heterocycles. The van der Waals surface area contributed by atoms with E-state index < -0.39 is 90.6 Å². The third-order valence-electron chi connectivity index (χ3n) is 6.78. The Morgan fingerprint density at radius 1 is 1.00 bits per heavy atom. The Balaban J connectivity index is 2.05. The Labute approximate surface area is 241 Å². The van der Waals surface area contributed by atoms with Gasteiger partial charge in [-0.05, 0) is 18.8 Å². The van der Waals surface area contributed by atoms with Crippen LogP contribution in [0.15, 0.2) is 21.9 Å². The molecule has 0 unspecified atom stereocenters. The third-order valence-corrected chi connectivity index (χ3v) is 6.78. The molecule has 3 rings (SSSR count). The van der Waals surface area contributed by atoms with Crippen molar-refractivity contribution in [1.29, 1.82) is 0 Å². The molecule has 0 aromatic carbocycles. The van der Waals surface area contributed by atoms with Crippen molar-refractivity contribution in [3.8, 4) is 0 Å². The summed E-state index contributed by atoms with van der Waals surface area (Å²) in [5.41, 5.74) is 3.87. The van der Waals surface area contributed by atoms with Gasteiger partial charge in [0.05, 0.1) is 17.8 Å². The molecule has 2 fully saturated rings. The van der Waals surface area contributed by atoms with Gasteiger partial charge >= 0.3 is 29.6 Å². The summed E-state index contributed by atoms with van der Waals surface area (Å²) in [6.07, 6.45) is -3.36. The van der Waals surface area contributed by atoms with Crippen LogP contribution in [0.3, 0.4) is 0 Å². The molecule has 0 radical (unpaired) electrons. The Morgan fingerprint density at radius 3 is 2.14 bits per heavy atom. The number of aromatic nitrogens is 2. The average molecular weight is 600 g/mol. The monoisotopic (exact) mass is 599 g/mol. The number of hydrogen-bond donors (Lipinski definition) is 1. The van der Waals surface area contributed by atoms with Crippen molar-refractivity contribution in [1.82, 2.24) is 9.13 Å². The van der Waals surface area contributed by atoms with Gasteiger partial charge in [0.15, 0.2) is 25.7 Å². The molecule has 2 N–H and O–H groups in total. The maximum atomic E-state index is 16.7. The zero-order valence-electron chi connectivity index (χ0n) is 24.4. The molecule has 42 heavy (non-hydrogen) atoms. The lowest BCUT2D eigenvalue weighted by molar-refractivity contribution is -0.226. The van der Waals surface area contributed by atoms with Crippen molar-refractivity contribution in [2.24, 2.45) is 29.4 Å². The van der Waals surface area contributed by atoms with Gasteiger partial charge in [-0.25, -0.2) is 13.8 Å². The van der Waals surface area contributed by atoms with E-state index in [1.165, 1.54) is 27.7 Å². The molecule has 2 heterocycles. The van der Waals surface area contributed by atoms with Gasteiger partial charge in [-0.3, -0.25) is 28.5 Å². The minimum absolute atomic E-state index is 0.306. The van der Waals surface area contributed by atoms with E-state index in [1.807, 2.05) is 0 Å². The van der Waals surface area contributed by atoms with E-state index in [9.17, 15) is 28.8 Å². The number of nitrogens with two attached hydrogens (primary N) is 1. The molecule has 15 heteroatoms. The fourth-order valence-electron chi connectivity index (χ4n) is 3.81. The maximum absolute atomic E-state index is 16.7. The summed E-state index contributed by atoms with van der Waals surface area (Å²) in [5.74, 6) is -8.55. The van der Waals surface area contributed by atoms with Crippen LogP contribution in [0, 0.1) is 23.7 Å². The summed E-state index contributed by atoms with van der Waals surface area (Å²) < 4.78 is 44.6. The van der Waals surface area contributed by atoms with Crippen LogP contribution in [0.4, 0.5) is 4.39 Å². The Kier molecular flexibility index (Phi) is 10.3. The van der Waals surface area contributed by atoms with Crippen LogP contribution >= 0.6 is 0 Å². The number of nitrogens with zero attached hydrogens (tertiary/aromatic N) is 2. The highest BCUT2D eigenvalue weighted by molar-refractivity contribution is 5.76. The Hall–Kier alpha value is -3.59. The van der Waals surface area contributed by atoms with Crippen LogP contribution < -0.4 is 17.0 Å². The molecule has 234 valence electrons. The van der Waals surface area contributed by atoms with Crippen molar-refractivity contribution in [3.63, 3.8) is 0 Å². The predicted molar refractivity (Wildman–Crippen MR) is 141 cm³/mol. The average Bonchev–Trinajstić information content (AvgIpc) is 3.74. The van der Waals surface area contributed by atoms with E-state index >= 15 is 4.39 Å². The van der Waals surface area contributed by atoms with Crippen LogP contribution in [-0.2, 0) is 49.6 Å². The summed E-state index contributed by atoms with van der Waals surface area (Å²) in [6, 6.07) is -0.173. The second-order valence-electron chi connectivity index (χ2n) is 11.4. The highest BCUT2D eigenvalue weighted by Crippen LogP contribution is 2.42. The van der Waals surface area contributed by atoms with Crippen LogP contribution in [-0.4, -0.2) is 63.7 Å². The molecule has 1 aliphatic carbocycles. The molecule has 14 nitrogen and oxygen atoms in total. The topological polar surface area (TPSA) is 184 Å². The van der Waals surface area contributed by atoms with Crippen LogP contribution in [0.2, 0.25) is 0 Å². The quantitative estimate of drug-likeness (QED) is 0.263. The summed E-state index contributed by atoms with van der Waals surface area (Å²) in [4.78, 5) is 75.6. The number of ether oxygens (including phenoxy) is 5. The second-order valence-corrected chi connectivity index (χ2v) is 11.4. The van der Waals surface area contributed by atoms with E-state index in [4.69, 9.17) is 29.4 Å². The molecule has 1 aromatic rings. The van der Waals surface area contributed by atoms with Crippen molar-refractivity contribution >= 4 is 23.9 Å². The fraction of sp³-hybridized carbons (Fsp3) is 0.704. The number of hydrogen-bond acceptors (Lipinski definition) is 12. The smallest absolute Gasteiger partial charge is 0.336 e. The lowest BCUT2D eigenvalue weighted by atomic mass is 10.1. The first-order valence-corrected chi connectivity index (χ1v) is 13.8. The molecule has 0 bridgehead atoms. The van der Waals surface area contributed by atoms with Gasteiger partial charge in [0, 0.05) is 12.3 Å². The predicted octanol–water partition coefficient (Wildman–Crippen LogP) is 0.777. The molecular weight excluding hydrogens is 561 g/mol. The van der Waals surface area contributed by atoms with Gasteiger partial charge < -0.3 is 29.4 Å². The van der Waals surface area contributed by atoms with Gasteiger partial charge in [0.25, 0.3) is 11.4 Å². The summed E-state index contributed by atoms with van der Waals surface area (Å²) >= 11 is 0. The van der Waals surface area contributed by atoms with E-state index in [2.05, 4.69) is 0 Å². The zero-order valence-corrected chi connectivity index (χ0v) is 24.4. The molecule has 1 saturated heterocycles. The Bertz CT molecular complexity index is 1300. The van der Waals surface area contributed by atoms with E-state index in [0.29, 0.717) is 17.4 Å². The SMILES string of the molecule is CC(C)C(=O)O[C@H]1[C@H](n2ccc(=O)n(COC(=O)C3CC3)c2=O)O[C@](F)(COC(=O)[C@@H](N)C(C)C)[C@H]1OC(=O)C(C)C. The molecule has 5 atom stereocenters. The number of alkyl halides is 1. The molecule has 0 spiro atoms. The van der Waals surface area contributed by atoms with Gasteiger partial charge in [-0.1, -0.05) is 41.5 Å². The third kappa shape index (κ3) is 7.43. The van der Waals surface area contributed by atoms with E-state index in [1.54, 1.807) is 13.8 Å². The molecule has 0 amide bonds.